The topological polar surface area (TPSA) is 66.4 Å². The molecule has 0 radical (unpaired) electrons. The van der Waals surface area contributed by atoms with E-state index < -0.39 is 6.10 Å². The van der Waals surface area contributed by atoms with Gasteiger partial charge in [-0.2, -0.15) is 0 Å². The molecule has 0 saturated carbocycles. The van der Waals surface area contributed by atoms with Gasteiger partial charge in [-0.1, -0.05) is 270 Å². The summed E-state index contributed by atoms with van der Waals surface area (Å²) in [6, 6.07) is 0. The van der Waals surface area contributed by atoms with Crippen molar-refractivity contribution in [3.05, 3.63) is 12.2 Å². The lowest BCUT2D eigenvalue weighted by Crippen LogP contribution is -2.31. The van der Waals surface area contributed by atoms with Crippen LogP contribution >= 0.6 is 0 Å². The largest absolute Gasteiger partial charge is 0.391 e. The number of allylic oxidation sites excluding steroid dienone is 2. The molecule has 0 aliphatic rings. The number of aliphatic hydroxyl groups excluding tert-OH is 1. The van der Waals surface area contributed by atoms with Gasteiger partial charge in [-0.25, -0.2) is 0 Å². The van der Waals surface area contributed by atoms with Crippen molar-refractivity contribution in [3.8, 4) is 0 Å². The molecule has 1 amide bonds. The summed E-state index contributed by atoms with van der Waals surface area (Å²) in [6.07, 6.45) is 66.8. The Bertz CT molecular complexity index is 886. The van der Waals surface area contributed by atoms with E-state index in [9.17, 15) is 14.7 Å². The van der Waals surface area contributed by atoms with Gasteiger partial charge in [0, 0.05) is 25.8 Å². The average Bonchev–Trinajstić information content (AvgIpc) is 3.26. The molecular weight excluding hydrogens is 747 g/mol. The Kier molecular flexibility index (Phi) is 52.2. The number of carbonyl (C=O) groups is 2. The monoisotopic (exact) mass is 858 g/mol. The van der Waals surface area contributed by atoms with E-state index >= 15 is 0 Å². The van der Waals surface area contributed by atoms with Crippen LogP contribution in [0.3, 0.4) is 0 Å². The minimum Gasteiger partial charge on any atom is -0.391 e. The van der Waals surface area contributed by atoms with Crippen LogP contribution in [0.2, 0.25) is 0 Å². The quantitative estimate of drug-likeness (QED) is 0.0473. The Morgan fingerprint density at radius 2 is 0.623 bits per heavy atom. The molecule has 0 heterocycles. The highest BCUT2D eigenvalue weighted by Gasteiger charge is 2.08. The summed E-state index contributed by atoms with van der Waals surface area (Å²) in [5.74, 6) is 0.598. The second-order valence-electron chi connectivity index (χ2n) is 19.6. The van der Waals surface area contributed by atoms with Crippen LogP contribution in [0.1, 0.15) is 328 Å². The molecule has 0 aromatic carbocycles. The highest BCUT2D eigenvalue weighted by atomic mass is 16.3. The maximum absolute atomic E-state index is 12.3. The van der Waals surface area contributed by atoms with E-state index in [4.69, 9.17) is 0 Å². The molecule has 0 fully saturated rings. The summed E-state index contributed by atoms with van der Waals surface area (Å²) in [6.45, 7) is 4.99. The molecule has 0 aromatic heterocycles. The first-order chi connectivity index (χ1) is 30.1. The molecule has 2 N–H and O–H groups in total. The van der Waals surface area contributed by atoms with Crippen molar-refractivity contribution in [2.45, 2.75) is 335 Å². The third-order valence-electron chi connectivity index (χ3n) is 13.3. The smallest absolute Gasteiger partial charge is 0.220 e. The number of hydrogen-bond donors (Lipinski definition) is 2. The number of hydrogen-bond acceptors (Lipinski definition) is 3. The summed E-state index contributed by atoms with van der Waals surface area (Å²) in [7, 11) is 0. The van der Waals surface area contributed by atoms with E-state index in [-0.39, 0.29) is 5.91 Å². The summed E-state index contributed by atoms with van der Waals surface area (Å²) in [5.41, 5.74) is 0. The number of rotatable bonds is 53. The molecular formula is C57H111NO3. The van der Waals surface area contributed by atoms with Crippen LogP contribution in [-0.4, -0.2) is 29.4 Å². The summed E-state index contributed by atoms with van der Waals surface area (Å²) >= 11 is 0. The van der Waals surface area contributed by atoms with Gasteiger partial charge in [-0.15, -0.1) is 0 Å². The predicted octanol–water partition coefficient (Wildman–Crippen LogP) is 18.7. The fourth-order valence-electron chi connectivity index (χ4n) is 8.95. The number of ketones is 1. The summed E-state index contributed by atoms with van der Waals surface area (Å²) < 4.78 is 0. The Morgan fingerprint density at radius 3 is 0.951 bits per heavy atom. The van der Waals surface area contributed by atoms with Gasteiger partial charge in [0.25, 0.3) is 0 Å². The Balaban J connectivity index is 3.30. The highest BCUT2D eigenvalue weighted by Crippen LogP contribution is 2.17. The number of amides is 1. The lowest BCUT2D eigenvalue weighted by molar-refractivity contribution is -0.121. The van der Waals surface area contributed by atoms with Gasteiger partial charge in [-0.3, -0.25) is 9.59 Å². The van der Waals surface area contributed by atoms with E-state index in [0.717, 1.165) is 51.4 Å². The zero-order chi connectivity index (χ0) is 44.2. The molecule has 0 bridgehead atoms. The minimum absolute atomic E-state index is 0.102. The molecule has 1 atom stereocenters. The van der Waals surface area contributed by atoms with Gasteiger partial charge in [0.05, 0.1) is 6.10 Å². The van der Waals surface area contributed by atoms with Gasteiger partial charge in [-0.05, 0) is 51.4 Å². The summed E-state index contributed by atoms with van der Waals surface area (Å²) in [5, 5.41) is 13.2. The Morgan fingerprint density at radius 1 is 0.361 bits per heavy atom. The zero-order valence-corrected chi connectivity index (χ0v) is 41.9. The van der Waals surface area contributed by atoms with Gasteiger partial charge < -0.3 is 10.4 Å². The standard InChI is InChI=1S/C57H111NO3/c1-3-5-7-9-11-13-15-17-19-21-22-23-25-26-30-34-38-42-46-50-55(59)51-47-43-39-35-31-28-29-33-37-41-45-49-53-57(61)58-54-56(60)52-48-44-40-36-32-27-24-20-18-16-14-12-10-8-6-4-2/h17,19,56,60H,3-16,18,20-54H2,1-2H3,(H,58,61)/b19-17-. The molecule has 0 aliphatic carbocycles. The lowest BCUT2D eigenvalue weighted by Gasteiger charge is -2.12. The third kappa shape index (κ3) is 53.1. The Labute approximate surface area is 383 Å². The van der Waals surface area contributed by atoms with Crippen LogP contribution in [0.5, 0.6) is 0 Å². The van der Waals surface area contributed by atoms with E-state index in [2.05, 4.69) is 31.3 Å². The van der Waals surface area contributed by atoms with Gasteiger partial charge in [0.2, 0.25) is 5.91 Å². The van der Waals surface area contributed by atoms with E-state index in [1.807, 2.05) is 0 Å². The maximum atomic E-state index is 12.3. The van der Waals surface area contributed by atoms with Crippen LogP contribution in [-0.2, 0) is 9.59 Å². The van der Waals surface area contributed by atoms with Crippen LogP contribution in [0, 0.1) is 0 Å². The third-order valence-corrected chi connectivity index (χ3v) is 13.3. The van der Waals surface area contributed by atoms with Crippen molar-refractivity contribution in [1.82, 2.24) is 5.32 Å². The normalized spacial score (nSPS) is 12.2. The van der Waals surface area contributed by atoms with Gasteiger partial charge >= 0.3 is 0 Å². The molecule has 61 heavy (non-hydrogen) atoms. The Hall–Kier alpha value is -1.16. The van der Waals surface area contributed by atoms with Crippen molar-refractivity contribution in [3.63, 3.8) is 0 Å². The van der Waals surface area contributed by atoms with Crippen LogP contribution in [0.25, 0.3) is 0 Å². The van der Waals surface area contributed by atoms with Crippen molar-refractivity contribution < 1.29 is 14.7 Å². The van der Waals surface area contributed by atoms with Gasteiger partial charge in [0.15, 0.2) is 0 Å². The van der Waals surface area contributed by atoms with Crippen LogP contribution in [0.15, 0.2) is 12.2 Å². The van der Waals surface area contributed by atoms with Crippen molar-refractivity contribution in [1.29, 1.82) is 0 Å². The highest BCUT2D eigenvalue weighted by molar-refractivity contribution is 5.78. The molecule has 0 spiro atoms. The fourth-order valence-corrected chi connectivity index (χ4v) is 8.95. The van der Waals surface area contributed by atoms with E-state index in [1.54, 1.807) is 0 Å². The average molecular weight is 859 g/mol. The predicted molar refractivity (Wildman–Crippen MR) is 271 cm³/mol. The molecule has 0 aliphatic heterocycles. The number of Topliss-reactive ketones (excluding diaryl/α,β-unsaturated/α-hetero) is 1. The van der Waals surface area contributed by atoms with E-state index in [1.165, 1.54) is 257 Å². The molecule has 0 rings (SSSR count). The fraction of sp³-hybridized carbons (Fsp3) is 0.930. The van der Waals surface area contributed by atoms with Gasteiger partial charge in [0.1, 0.15) is 5.78 Å². The second-order valence-corrected chi connectivity index (χ2v) is 19.6. The number of nitrogens with one attached hydrogen (secondary N) is 1. The molecule has 4 heteroatoms. The minimum atomic E-state index is -0.401. The number of aliphatic hydroxyl groups is 1. The van der Waals surface area contributed by atoms with Crippen molar-refractivity contribution >= 4 is 11.7 Å². The van der Waals surface area contributed by atoms with Crippen molar-refractivity contribution in [2.75, 3.05) is 6.54 Å². The molecule has 0 aromatic rings. The first-order valence-corrected chi connectivity index (χ1v) is 28.2. The number of carbonyl (C=O) groups excluding carboxylic acids is 2. The first kappa shape index (κ1) is 59.8. The first-order valence-electron chi connectivity index (χ1n) is 28.2. The maximum Gasteiger partial charge on any atom is 0.220 e. The second kappa shape index (κ2) is 53.2. The SMILES string of the molecule is CCCCCCCC/C=C\CCCCCCCCCCCC(=O)CCCCCCCCCCCCCCC(=O)NCC(O)CCCCCCCCCCCCCCCCCC. The lowest BCUT2D eigenvalue weighted by atomic mass is 10.0. The van der Waals surface area contributed by atoms with Crippen LogP contribution in [0.4, 0.5) is 0 Å². The van der Waals surface area contributed by atoms with Crippen LogP contribution < -0.4 is 5.32 Å². The summed E-state index contributed by atoms with van der Waals surface area (Å²) in [4.78, 5) is 24.5. The zero-order valence-electron chi connectivity index (χ0n) is 41.9. The molecule has 1 unspecified atom stereocenters. The number of unbranched alkanes of at least 4 members (excludes halogenated alkanes) is 41. The van der Waals surface area contributed by atoms with Crippen molar-refractivity contribution in [2.24, 2.45) is 0 Å². The molecule has 0 saturated heterocycles. The van der Waals surface area contributed by atoms with E-state index in [0.29, 0.717) is 18.7 Å². The molecule has 4 nitrogen and oxygen atoms in total. The molecule has 362 valence electrons.